The van der Waals surface area contributed by atoms with Crippen LogP contribution in [0.2, 0.25) is 0 Å². The van der Waals surface area contributed by atoms with Crippen LogP contribution in [0.4, 0.5) is 10.9 Å². The highest BCUT2D eigenvalue weighted by Gasteiger charge is 2.22. The summed E-state index contributed by atoms with van der Waals surface area (Å²) in [4.78, 5) is -0.0581. The predicted molar refractivity (Wildman–Crippen MR) is 67.8 cm³/mol. The van der Waals surface area contributed by atoms with Crippen LogP contribution in [0.3, 0.4) is 0 Å². The molecule has 0 aliphatic rings. The number of sulfonamides is 1. The molecular weight excluding hydrogens is 276 g/mol. The van der Waals surface area contributed by atoms with E-state index in [9.17, 15) is 8.42 Å². The smallest absolute Gasteiger partial charge is 0.268 e. The predicted octanol–water partition coefficient (Wildman–Crippen LogP) is 0.446. The van der Waals surface area contributed by atoms with Gasteiger partial charge in [0.25, 0.3) is 10.0 Å². The summed E-state index contributed by atoms with van der Waals surface area (Å²) in [5.74, 6) is -0.0365. The minimum Gasteiger partial charge on any atom is -0.381 e. The van der Waals surface area contributed by atoms with Crippen molar-refractivity contribution in [2.75, 3.05) is 10.5 Å². The molecule has 0 radical (unpaired) electrons. The Labute approximate surface area is 108 Å². The Hall–Kier alpha value is -1.68. The molecule has 10 heteroatoms. The van der Waals surface area contributed by atoms with E-state index in [0.717, 1.165) is 11.3 Å². The van der Waals surface area contributed by atoms with Crippen molar-refractivity contribution >= 4 is 32.3 Å². The van der Waals surface area contributed by atoms with Gasteiger partial charge in [-0.2, -0.15) is 5.10 Å². The first kappa shape index (κ1) is 12.8. The topological polar surface area (TPSA) is 116 Å². The number of nitrogen functional groups attached to an aromatic ring is 1. The first-order chi connectivity index (χ1) is 8.42. The number of nitrogens with one attached hydrogen (secondary N) is 1. The van der Waals surface area contributed by atoms with Gasteiger partial charge in [-0.3, -0.25) is 9.40 Å². The van der Waals surface area contributed by atoms with Crippen molar-refractivity contribution in [3.8, 4) is 0 Å². The number of anilines is 2. The maximum absolute atomic E-state index is 12.1. The van der Waals surface area contributed by atoms with E-state index >= 15 is 0 Å². The Kier molecular flexibility index (Phi) is 3.22. The molecule has 2 aromatic rings. The first-order valence-corrected chi connectivity index (χ1v) is 7.38. The minimum absolute atomic E-state index is 0.0365. The van der Waals surface area contributed by atoms with E-state index in [-0.39, 0.29) is 15.8 Å². The van der Waals surface area contributed by atoms with Crippen molar-refractivity contribution in [3.05, 3.63) is 11.2 Å². The molecule has 18 heavy (non-hydrogen) atoms. The van der Waals surface area contributed by atoms with E-state index in [4.69, 9.17) is 5.73 Å². The van der Waals surface area contributed by atoms with Crippen LogP contribution in [0.15, 0.2) is 11.1 Å². The maximum Gasteiger partial charge on any atom is 0.268 e. The van der Waals surface area contributed by atoms with Crippen LogP contribution in [-0.2, 0) is 16.6 Å². The molecule has 0 aliphatic carbocycles. The minimum atomic E-state index is -3.77. The largest absolute Gasteiger partial charge is 0.381 e. The quantitative estimate of drug-likeness (QED) is 0.843. The van der Waals surface area contributed by atoms with Crippen LogP contribution < -0.4 is 10.5 Å². The van der Waals surface area contributed by atoms with E-state index in [0.29, 0.717) is 11.6 Å². The van der Waals surface area contributed by atoms with Gasteiger partial charge in [-0.25, -0.2) is 8.42 Å². The molecule has 0 fully saturated rings. The van der Waals surface area contributed by atoms with E-state index in [2.05, 4.69) is 20.0 Å². The maximum atomic E-state index is 12.1. The summed E-state index contributed by atoms with van der Waals surface area (Å²) < 4.78 is 27.9. The number of aromatic nitrogens is 4. The van der Waals surface area contributed by atoms with Gasteiger partial charge >= 0.3 is 0 Å². The average molecular weight is 288 g/mol. The normalized spacial score (nSPS) is 11.7. The zero-order valence-corrected chi connectivity index (χ0v) is 11.4. The Morgan fingerprint density at radius 2 is 2.22 bits per heavy atom. The zero-order chi connectivity index (χ0) is 13.3. The average Bonchev–Trinajstić information content (AvgIpc) is 2.84. The van der Waals surface area contributed by atoms with Crippen molar-refractivity contribution in [3.63, 3.8) is 0 Å². The molecule has 0 unspecified atom stereocenters. The van der Waals surface area contributed by atoms with Crippen LogP contribution in [0.5, 0.6) is 0 Å². The third-order valence-electron chi connectivity index (χ3n) is 2.12. The second-order valence-electron chi connectivity index (χ2n) is 3.47. The molecule has 98 valence electrons. The summed E-state index contributed by atoms with van der Waals surface area (Å²) in [6.07, 6.45) is 1.38. The molecule has 0 saturated heterocycles. The molecule has 0 spiro atoms. The summed E-state index contributed by atoms with van der Waals surface area (Å²) in [7, 11) is -3.77. The van der Waals surface area contributed by atoms with Gasteiger partial charge in [0.15, 0.2) is 5.82 Å². The Morgan fingerprint density at radius 1 is 1.50 bits per heavy atom. The lowest BCUT2D eigenvalue weighted by Crippen LogP contribution is -2.13. The standard InChI is InChI=1S/C8H12N6O2S2/c1-3-14-4-6(7(9)12-14)18(15,16)13-8-11-10-5(2)17-8/h4H,3H2,1-2H3,(H2,9,12)(H,11,13). The highest BCUT2D eigenvalue weighted by Crippen LogP contribution is 2.22. The van der Waals surface area contributed by atoms with E-state index in [1.807, 2.05) is 6.92 Å². The second-order valence-corrected chi connectivity index (χ2v) is 6.30. The number of hydrogen-bond acceptors (Lipinski definition) is 7. The van der Waals surface area contributed by atoms with Gasteiger partial charge in [0, 0.05) is 12.7 Å². The fourth-order valence-electron chi connectivity index (χ4n) is 1.29. The fourth-order valence-corrected chi connectivity index (χ4v) is 3.19. The molecule has 0 bridgehead atoms. The summed E-state index contributed by atoms with van der Waals surface area (Å²) in [5.41, 5.74) is 5.58. The number of nitrogens with zero attached hydrogens (tertiary/aromatic N) is 4. The molecule has 2 rings (SSSR count). The molecule has 0 aliphatic heterocycles. The van der Waals surface area contributed by atoms with Crippen molar-refractivity contribution in [2.24, 2.45) is 0 Å². The van der Waals surface area contributed by atoms with Gasteiger partial charge < -0.3 is 5.73 Å². The number of hydrogen-bond donors (Lipinski definition) is 2. The molecular formula is C8H12N6O2S2. The van der Waals surface area contributed by atoms with Gasteiger partial charge in [0.2, 0.25) is 5.13 Å². The highest BCUT2D eigenvalue weighted by atomic mass is 32.2. The Balaban J connectivity index is 2.33. The number of nitrogens with two attached hydrogens (primary N) is 1. The van der Waals surface area contributed by atoms with Gasteiger partial charge in [0.05, 0.1) is 0 Å². The SMILES string of the molecule is CCn1cc(S(=O)(=O)Nc2nnc(C)s2)c(N)n1. The van der Waals surface area contributed by atoms with Crippen LogP contribution >= 0.6 is 11.3 Å². The van der Waals surface area contributed by atoms with E-state index in [1.54, 1.807) is 6.92 Å². The van der Waals surface area contributed by atoms with Crippen LogP contribution in [0.25, 0.3) is 0 Å². The molecule has 2 aromatic heterocycles. The fraction of sp³-hybridized carbons (Fsp3) is 0.375. The third kappa shape index (κ3) is 2.43. The van der Waals surface area contributed by atoms with E-state index < -0.39 is 10.0 Å². The Bertz CT molecular complexity index is 659. The summed E-state index contributed by atoms with van der Waals surface area (Å²) in [6.45, 7) is 4.11. The van der Waals surface area contributed by atoms with Crippen molar-refractivity contribution in [1.82, 2.24) is 20.0 Å². The second kappa shape index (κ2) is 4.53. The van der Waals surface area contributed by atoms with Crippen LogP contribution in [-0.4, -0.2) is 28.4 Å². The molecule has 3 N–H and O–H groups in total. The first-order valence-electron chi connectivity index (χ1n) is 5.08. The Morgan fingerprint density at radius 3 is 2.72 bits per heavy atom. The molecule has 8 nitrogen and oxygen atoms in total. The molecule has 0 saturated carbocycles. The highest BCUT2D eigenvalue weighted by molar-refractivity contribution is 7.93. The van der Waals surface area contributed by atoms with Crippen molar-refractivity contribution in [2.45, 2.75) is 25.3 Å². The lowest BCUT2D eigenvalue weighted by Gasteiger charge is -2.01. The van der Waals surface area contributed by atoms with Gasteiger partial charge in [-0.15, -0.1) is 10.2 Å². The summed E-state index contributed by atoms with van der Waals surface area (Å²) in [5, 5.41) is 12.2. The lowest BCUT2D eigenvalue weighted by atomic mass is 10.6. The van der Waals surface area contributed by atoms with Gasteiger partial charge in [-0.05, 0) is 13.8 Å². The van der Waals surface area contributed by atoms with Crippen molar-refractivity contribution < 1.29 is 8.42 Å². The monoisotopic (exact) mass is 288 g/mol. The van der Waals surface area contributed by atoms with E-state index in [1.165, 1.54) is 10.9 Å². The van der Waals surface area contributed by atoms with Crippen LogP contribution in [0, 0.1) is 6.92 Å². The zero-order valence-electron chi connectivity index (χ0n) is 9.78. The summed E-state index contributed by atoms with van der Waals surface area (Å²) in [6, 6.07) is 0. The molecule has 0 atom stereocenters. The lowest BCUT2D eigenvalue weighted by molar-refractivity contribution is 0.600. The van der Waals surface area contributed by atoms with Crippen molar-refractivity contribution in [1.29, 1.82) is 0 Å². The molecule has 0 amide bonds. The third-order valence-corrected chi connectivity index (χ3v) is 4.36. The molecule has 0 aromatic carbocycles. The molecule has 2 heterocycles. The van der Waals surface area contributed by atoms with Crippen LogP contribution in [0.1, 0.15) is 11.9 Å². The van der Waals surface area contributed by atoms with Gasteiger partial charge in [0.1, 0.15) is 9.90 Å². The summed E-state index contributed by atoms with van der Waals surface area (Å²) >= 11 is 1.15. The number of rotatable bonds is 4. The van der Waals surface area contributed by atoms with Gasteiger partial charge in [-0.1, -0.05) is 11.3 Å². The number of aryl methyl sites for hydroxylation is 2.